The van der Waals surface area contributed by atoms with Crippen molar-refractivity contribution in [1.29, 1.82) is 0 Å². The van der Waals surface area contributed by atoms with Crippen LogP contribution in [0.1, 0.15) is 42.5 Å². The smallest absolute Gasteiger partial charge is 0.184 e. The molecule has 51 heavy (non-hydrogen) atoms. The van der Waals surface area contributed by atoms with Gasteiger partial charge in [0.2, 0.25) is 0 Å². The fraction of sp³-hybridized carbons (Fsp3) is 0.0800. The van der Waals surface area contributed by atoms with Crippen LogP contribution in [0.2, 0.25) is 0 Å². The van der Waals surface area contributed by atoms with Crippen LogP contribution in [-0.2, 0) is 27.8 Å². The quantitative estimate of drug-likeness (QED) is 0.0944. The Kier molecular flexibility index (Phi) is 8.70. The molecule has 10 rings (SSSR count). The zero-order chi connectivity index (χ0) is 33.7. The number of hydrogen-bond acceptors (Lipinski definition) is 0. The Morgan fingerprint density at radius 1 is 0.529 bits per heavy atom. The van der Waals surface area contributed by atoms with Crippen molar-refractivity contribution in [3.63, 3.8) is 0 Å². The Balaban J connectivity index is 0.000000245. The molecule has 1 spiro atoms. The Hall–Kier alpha value is -5.24. The normalized spacial score (nSPS) is 16.9. The molecule has 0 N–H and O–H groups in total. The van der Waals surface area contributed by atoms with E-state index in [1.807, 2.05) is 36.4 Å². The fourth-order valence-corrected chi connectivity index (χ4v) is 8.69. The van der Waals surface area contributed by atoms with Gasteiger partial charge in [0.1, 0.15) is 0 Å². The number of rotatable bonds is 2. The van der Waals surface area contributed by atoms with Crippen LogP contribution >= 0.6 is 0 Å². The van der Waals surface area contributed by atoms with Crippen LogP contribution < -0.4 is 0 Å². The first-order valence-corrected chi connectivity index (χ1v) is 17.6. The maximum atomic E-state index is 3.57. The van der Waals surface area contributed by atoms with Crippen LogP contribution in [0.3, 0.4) is 0 Å². The molecule has 0 amide bonds. The summed E-state index contributed by atoms with van der Waals surface area (Å²) in [6.07, 6.45) is 5.78. The summed E-state index contributed by atoms with van der Waals surface area (Å²) in [5.41, 5.74) is 13.2. The van der Waals surface area contributed by atoms with Gasteiger partial charge in [0.05, 0.1) is 5.41 Å². The molecule has 1 unspecified atom stereocenters. The van der Waals surface area contributed by atoms with E-state index in [1.54, 1.807) is 0 Å². The largest absolute Gasteiger partial charge is 2.00 e. The molecule has 2 aliphatic rings. The molecule has 8 aromatic rings. The van der Waals surface area contributed by atoms with Crippen molar-refractivity contribution in [2.24, 2.45) is 0 Å². The van der Waals surface area contributed by atoms with E-state index in [0.717, 1.165) is 6.42 Å². The first kappa shape index (κ1) is 32.9. The maximum absolute atomic E-state index is 3.57. The van der Waals surface area contributed by atoms with Crippen molar-refractivity contribution < 1.29 is 22.4 Å². The van der Waals surface area contributed by atoms with Crippen molar-refractivity contribution in [2.45, 2.75) is 25.7 Å². The zero-order valence-corrected chi connectivity index (χ0v) is 31.0. The van der Waals surface area contributed by atoms with E-state index in [0.29, 0.717) is 0 Å². The molecule has 8 aromatic carbocycles. The van der Waals surface area contributed by atoms with Crippen LogP contribution in [0.4, 0.5) is 0 Å². The van der Waals surface area contributed by atoms with E-state index in [1.165, 1.54) is 88.0 Å². The molecule has 0 fully saturated rings. The molecule has 1 atom stereocenters. The molecule has 241 valence electrons. The summed E-state index contributed by atoms with van der Waals surface area (Å²) < 4.78 is 0. The van der Waals surface area contributed by atoms with E-state index in [2.05, 4.69) is 159 Å². The standard InChI is InChI=1S/C38H27.C12H9.Nb/c1-3-13-34-24(4-2)29-18-9-11-20-35(29)38(34)36-21-12-10-19-30(36)33-22-31-27-16-7-5-14-25(27)26-15-6-8-17-28(26)32(31)23-37(33)38;1-3-7-11(8-4-1)12-9-5-2-6-10-12;/h4-14,16-23H,3H2,1-2H3;1,3-10H;/q2*-1;+2/b24-4-,34-13+;;. The van der Waals surface area contributed by atoms with Gasteiger partial charge in [-0.3, -0.25) is 0 Å². The molecule has 0 nitrogen and oxygen atoms in total. The van der Waals surface area contributed by atoms with Gasteiger partial charge in [0.15, 0.2) is 0 Å². The fourth-order valence-electron chi connectivity index (χ4n) is 8.69. The van der Waals surface area contributed by atoms with Gasteiger partial charge < -0.3 is 0 Å². The number of fused-ring (bicyclic) bond motifs is 13. The van der Waals surface area contributed by atoms with E-state index in [9.17, 15) is 0 Å². The Bertz CT molecular complexity index is 2590. The molecule has 1 heteroatoms. The molecule has 0 heterocycles. The van der Waals surface area contributed by atoms with Crippen molar-refractivity contribution in [3.05, 3.63) is 210 Å². The second-order valence-electron chi connectivity index (χ2n) is 13.2. The first-order valence-electron chi connectivity index (χ1n) is 17.6. The zero-order valence-electron chi connectivity index (χ0n) is 28.8. The average molecular weight is 730 g/mol. The molecular formula is C50H36Nb. The van der Waals surface area contributed by atoms with Gasteiger partial charge in [-0.1, -0.05) is 144 Å². The van der Waals surface area contributed by atoms with Crippen molar-refractivity contribution >= 4 is 37.9 Å². The minimum absolute atomic E-state index is 0. The van der Waals surface area contributed by atoms with Gasteiger partial charge in [0.25, 0.3) is 0 Å². The van der Waals surface area contributed by atoms with Crippen LogP contribution in [0.25, 0.3) is 60.1 Å². The van der Waals surface area contributed by atoms with Gasteiger partial charge in [-0.05, 0) is 74.9 Å². The molecule has 0 saturated heterocycles. The molecular weight excluding hydrogens is 693 g/mol. The second-order valence-corrected chi connectivity index (χ2v) is 13.2. The summed E-state index contributed by atoms with van der Waals surface area (Å²) in [6.45, 7) is 4.45. The van der Waals surface area contributed by atoms with Crippen molar-refractivity contribution in [3.8, 4) is 22.3 Å². The predicted octanol–water partition coefficient (Wildman–Crippen LogP) is 13.2. The number of hydrogen-bond donors (Lipinski definition) is 0. The third kappa shape index (κ3) is 5.01. The molecule has 0 saturated carbocycles. The number of benzene rings is 8. The van der Waals surface area contributed by atoms with Crippen LogP contribution in [0, 0.1) is 12.1 Å². The average Bonchev–Trinajstić information content (AvgIpc) is 3.64. The van der Waals surface area contributed by atoms with Gasteiger partial charge in [0, 0.05) is 0 Å². The van der Waals surface area contributed by atoms with E-state index < -0.39 is 0 Å². The molecule has 1 radical (unpaired) electrons. The Morgan fingerprint density at radius 2 is 1.12 bits per heavy atom. The van der Waals surface area contributed by atoms with E-state index in [4.69, 9.17) is 0 Å². The van der Waals surface area contributed by atoms with Gasteiger partial charge in [-0.25, -0.2) is 0 Å². The van der Waals surface area contributed by atoms with Crippen LogP contribution in [0.15, 0.2) is 175 Å². The second kappa shape index (κ2) is 13.5. The molecule has 0 aromatic heterocycles. The summed E-state index contributed by atoms with van der Waals surface area (Å²) in [5, 5.41) is 7.66. The van der Waals surface area contributed by atoms with Crippen molar-refractivity contribution in [2.75, 3.05) is 0 Å². The molecule has 0 aliphatic heterocycles. The summed E-state index contributed by atoms with van der Waals surface area (Å²) in [4.78, 5) is 0. The van der Waals surface area contributed by atoms with Crippen LogP contribution in [0.5, 0.6) is 0 Å². The maximum Gasteiger partial charge on any atom is 2.00 e. The molecule has 2 aliphatic carbocycles. The number of allylic oxidation sites excluding steroid dienone is 4. The summed E-state index contributed by atoms with van der Waals surface area (Å²) in [7, 11) is 0. The van der Waals surface area contributed by atoms with Crippen LogP contribution in [-0.4, -0.2) is 0 Å². The minimum Gasteiger partial charge on any atom is -0.184 e. The Labute approximate surface area is 316 Å². The third-order valence-electron chi connectivity index (χ3n) is 10.7. The topological polar surface area (TPSA) is 0 Å². The minimum atomic E-state index is -0.314. The Morgan fingerprint density at radius 3 is 1.86 bits per heavy atom. The van der Waals surface area contributed by atoms with Gasteiger partial charge in [-0.2, -0.15) is 30.3 Å². The summed E-state index contributed by atoms with van der Waals surface area (Å²) in [5.74, 6) is 0. The van der Waals surface area contributed by atoms with Gasteiger partial charge >= 0.3 is 22.4 Å². The van der Waals surface area contributed by atoms with Crippen molar-refractivity contribution in [1.82, 2.24) is 0 Å². The SMILES string of the molecule is C/C=C1\C(=C/CC)C2(c3ccccc31)c1ccccc1-c1cc3c4ccccc4c4[c-]cccc4c3cc12.[Nb+2].[c-]1ccc(-c2ccccc2)cc1. The van der Waals surface area contributed by atoms with Gasteiger partial charge in [-0.15, -0.1) is 40.6 Å². The first-order chi connectivity index (χ1) is 24.8. The molecule has 0 bridgehead atoms. The third-order valence-corrected chi connectivity index (χ3v) is 10.7. The monoisotopic (exact) mass is 729 g/mol. The summed E-state index contributed by atoms with van der Waals surface area (Å²) >= 11 is 0. The van der Waals surface area contributed by atoms with E-state index >= 15 is 0 Å². The predicted molar refractivity (Wildman–Crippen MR) is 212 cm³/mol. The summed E-state index contributed by atoms with van der Waals surface area (Å²) in [6, 6.07) is 63.3. The van der Waals surface area contributed by atoms with E-state index in [-0.39, 0.29) is 27.8 Å².